The molecule has 0 aliphatic heterocycles. The normalized spacial score (nSPS) is 13.0. The fourth-order valence-corrected chi connectivity index (χ4v) is 1.69. The monoisotopic (exact) mass is 347 g/mol. The molecule has 1 amide bonds. The second-order valence-electron chi connectivity index (χ2n) is 4.50. The third-order valence-corrected chi connectivity index (χ3v) is 2.74. The van der Waals surface area contributed by atoms with Crippen molar-refractivity contribution in [1.29, 1.82) is 0 Å². The molecule has 0 aliphatic rings. The Morgan fingerprint density at radius 1 is 1.09 bits per heavy atom. The molecular weight excluding hydrogens is 338 g/mol. The molecule has 0 atom stereocenters. The first kappa shape index (κ1) is 19.2. The minimum absolute atomic E-state index is 0.152. The number of rotatable bonds is 4. The highest BCUT2D eigenvalue weighted by molar-refractivity contribution is 6.59. The van der Waals surface area contributed by atoms with Gasteiger partial charge in [0, 0.05) is 18.2 Å². The van der Waals surface area contributed by atoms with E-state index < -0.39 is 42.1 Å². The molecule has 3 N–H and O–H groups in total. The number of halogens is 7. The Labute approximate surface area is 125 Å². The molecule has 0 fully saturated rings. The van der Waals surface area contributed by atoms with Gasteiger partial charge in [0.1, 0.15) is 0 Å². The van der Waals surface area contributed by atoms with Crippen LogP contribution in [0.15, 0.2) is 18.2 Å². The van der Waals surface area contributed by atoms with Gasteiger partial charge in [-0.15, -0.1) is 0 Å². The Morgan fingerprint density at radius 3 is 2.00 bits per heavy atom. The molecule has 0 bridgehead atoms. The fourth-order valence-electron chi connectivity index (χ4n) is 1.69. The van der Waals surface area contributed by atoms with Crippen LogP contribution in [0.4, 0.5) is 36.4 Å². The van der Waals surface area contributed by atoms with Gasteiger partial charge in [-0.2, -0.15) is 30.7 Å². The first-order valence-corrected chi connectivity index (χ1v) is 5.82. The molecule has 128 valence electrons. The van der Waals surface area contributed by atoms with E-state index in [0.29, 0.717) is 12.1 Å². The third kappa shape index (κ3) is 3.58. The Bertz CT molecular complexity index is 604. The number of benzene rings is 1. The molecule has 1 rings (SSSR count). The number of carbonyl (C=O) groups is 1. The second kappa shape index (κ2) is 6.00. The lowest BCUT2D eigenvalue weighted by Crippen LogP contribution is -2.53. The minimum Gasteiger partial charge on any atom is -0.423 e. The molecule has 23 heavy (non-hydrogen) atoms. The summed E-state index contributed by atoms with van der Waals surface area (Å²) >= 11 is 0. The lowest BCUT2D eigenvalue weighted by molar-refractivity contribution is -0.359. The van der Waals surface area contributed by atoms with Crippen LogP contribution in [0, 0.1) is 0 Å². The standard InChI is InChI=1S/C11H9BF7NO3/c1-5(21)20-6-2-3-7(8(4-6)12(22)23)9(13,14)10(15,16)11(17,18)19/h2-4,22-23H,1H3,(H,20,21). The Balaban J connectivity index is 3.49. The van der Waals surface area contributed by atoms with Crippen LogP contribution in [-0.4, -0.2) is 35.2 Å². The van der Waals surface area contributed by atoms with E-state index in [0.717, 1.165) is 6.92 Å². The Kier molecular flexibility index (Phi) is 5.02. The van der Waals surface area contributed by atoms with Crippen molar-refractivity contribution in [2.45, 2.75) is 24.9 Å². The molecule has 1 aromatic rings. The van der Waals surface area contributed by atoms with Crippen LogP contribution in [0.5, 0.6) is 0 Å². The zero-order valence-corrected chi connectivity index (χ0v) is 11.3. The number of carbonyl (C=O) groups excluding carboxylic acids is 1. The van der Waals surface area contributed by atoms with Gasteiger partial charge < -0.3 is 15.4 Å². The number of anilines is 1. The topological polar surface area (TPSA) is 69.6 Å². The van der Waals surface area contributed by atoms with E-state index in [1.165, 1.54) is 0 Å². The largest absolute Gasteiger partial charge is 0.489 e. The number of nitrogens with one attached hydrogen (secondary N) is 1. The first-order valence-electron chi connectivity index (χ1n) is 5.82. The average Bonchev–Trinajstić information content (AvgIpc) is 2.35. The van der Waals surface area contributed by atoms with Crippen molar-refractivity contribution >= 4 is 24.2 Å². The summed E-state index contributed by atoms with van der Waals surface area (Å²) in [7, 11) is -2.77. The number of hydrogen-bond donors (Lipinski definition) is 3. The molecule has 0 radical (unpaired) electrons. The van der Waals surface area contributed by atoms with E-state index in [9.17, 15) is 35.5 Å². The van der Waals surface area contributed by atoms with Crippen LogP contribution < -0.4 is 10.8 Å². The lowest BCUT2D eigenvalue weighted by atomic mass is 9.74. The van der Waals surface area contributed by atoms with Crippen molar-refractivity contribution in [3.8, 4) is 0 Å². The first-order chi connectivity index (χ1) is 10.2. The van der Waals surface area contributed by atoms with Gasteiger partial charge in [0.2, 0.25) is 5.91 Å². The number of alkyl halides is 7. The smallest absolute Gasteiger partial charge is 0.423 e. The molecule has 12 heteroatoms. The SMILES string of the molecule is CC(=O)Nc1ccc(C(F)(F)C(F)(F)C(F)(F)F)c(B(O)O)c1. The highest BCUT2D eigenvalue weighted by Gasteiger charge is 2.74. The van der Waals surface area contributed by atoms with Gasteiger partial charge in [0.25, 0.3) is 0 Å². The molecule has 0 aromatic heterocycles. The van der Waals surface area contributed by atoms with Crippen molar-refractivity contribution in [2.75, 3.05) is 5.32 Å². The summed E-state index contributed by atoms with van der Waals surface area (Å²) in [5, 5.41) is 20.0. The van der Waals surface area contributed by atoms with Crippen LogP contribution in [-0.2, 0) is 10.7 Å². The summed E-state index contributed by atoms with van der Waals surface area (Å²) in [4.78, 5) is 10.8. The van der Waals surface area contributed by atoms with Gasteiger partial charge >= 0.3 is 25.1 Å². The van der Waals surface area contributed by atoms with Crippen LogP contribution in [0.25, 0.3) is 0 Å². The van der Waals surface area contributed by atoms with E-state index in [2.05, 4.69) is 0 Å². The maximum atomic E-state index is 13.7. The Hall–Kier alpha value is -1.82. The van der Waals surface area contributed by atoms with Crippen LogP contribution >= 0.6 is 0 Å². The van der Waals surface area contributed by atoms with Crippen LogP contribution in [0.3, 0.4) is 0 Å². The molecule has 4 nitrogen and oxygen atoms in total. The summed E-state index contributed by atoms with van der Waals surface area (Å²) in [5.41, 5.74) is -3.52. The summed E-state index contributed by atoms with van der Waals surface area (Å²) in [5.74, 6) is -12.9. The summed E-state index contributed by atoms with van der Waals surface area (Å²) in [6.45, 7) is 1.01. The third-order valence-electron chi connectivity index (χ3n) is 2.74. The van der Waals surface area contributed by atoms with Gasteiger partial charge in [-0.1, -0.05) is 6.07 Å². The van der Waals surface area contributed by atoms with Gasteiger partial charge in [0.05, 0.1) is 0 Å². The van der Waals surface area contributed by atoms with E-state index >= 15 is 0 Å². The van der Waals surface area contributed by atoms with E-state index in [-0.39, 0.29) is 11.8 Å². The fraction of sp³-hybridized carbons (Fsp3) is 0.364. The van der Waals surface area contributed by atoms with Gasteiger partial charge in [0.15, 0.2) is 0 Å². The van der Waals surface area contributed by atoms with Crippen molar-refractivity contribution in [1.82, 2.24) is 0 Å². The predicted octanol–water partition coefficient (Wildman–Crippen LogP) is 1.61. The molecule has 0 heterocycles. The van der Waals surface area contributed by atoms with Gasteiger partial charge in [-0.25, -0.2) is 0 Å². The zero-order chi connectivity index (χ0) is 18.2. The summed E-state index contributed by atoms with van der Waals surface area (Å²) < 4.78 is 90.0. The average molecular weight is 347 g/mol. The summed E-state index contributed by atoms with van der Waals surface area (Å²) in [6, 6.07) is 1.24. The molecule has 0 unspecified atom stereocenters. The highest BCUT2D eigenvalue weighted by Crippen LogP contribution is 2.51. The molecular formula is C11H9BF7NO3. The minimum atomic E-state index is -6.56. The van der Waals surface area contributed by atoms with Crippen molar-refractivity contribution < 1.29 is 45.6 Å². The van der Waals surface area contributed by atoms with Crippen LogP contribution in [0.2, 0.25) is 0 Å². The van der Waals surface area contributed by atoms with Crippen molar-refractivity contribution in [3.05, 3.63) is 23.8 Å². The second-order valence-corrected chi connectivity index (χ2v) is 4.50. The molecule has 0 spiro atoms. The van der Waals surface area contributed by atoms with Gasteiger partial charge in [-0.3, -0.25) is 4.79 Å². The van der Waals surface area contributed by atoms with E-state index in [4.69, 9.17) is 10.0 Å². The molecule has 0 saturated heterocycles. The predicted molar refractivity (Wildman–Crippen MR) is 65.5 cm³/mol. The maximum absolute atomic E-state index is 13.7. The molecule has 0 saturated carbocycles. The van der Waals surface area contributed by atoms with Gasteiger partial charge in [-0.05, 0) is 17.6 Å². The lowest BCUT2D eigenvalue weighted by Gasteiger charge is -2.30. The molecule has 1 aromatic carbocycles. The maximum Gasteiger partial charge on any atom is 0.489 e. The van der Waals surface area contributed by atoms with Crippen molar-refractivity contribution in [2.24, 2.45) is 0 Å². The summed E-state index contributed by atoms with van der Waals surface area (Å²) in [6.07, 6.45) is -6.56. The molecule has 0 aliphatic carbocycles. The van der Waals surface area contributed by atoms with Crippen molar-refractivity contribution in [3.63, 3.8) is 0 Å². The Morgan fingerprint density at radius 2 is 1.61 bits per heavy atom. The van der Waals surface area contributed by atoms with E-state index in [1.54, 1.807) is 0 Å². The number of amides is 1. The quantitative estimate of drug-likeness (QED) is 0.573. The highest BCUT2D eigenvalue weighted by atomic mass is 19.4. The van der Waals surface area contributed by atoms with E-state index in [1.807, 2.05) is 5.32 Å². The zero-order valence-electron chi connectivity index (χ0n) is 11.3. The van der Waals surface area contributed by atoms with Crippen LogP contribution in [0.1, 0.15) is 12.5 Å². The number of hydrogen-bond acceptors (Lipinski definition) is 3.